The lowest BCUT2D eigenvalue weighted by atomic mass is 9.98. The fourth-order valence-corrected chi connectivity index (χ4v) is 3.69. The van der Waals surface area contributed by atoms with E-state index in [9.17, 15) is 13.2 Å². The van der Waals surface area contributed by atoms with Gasteiger partial charge in [-0.1, -0.05) is 48.5 Å². The number of ether oxygens (including phenoxy) is 2. The van der Waals surface area contributed by atoms with E-state index in [0.29, 0.717) is 11.3 Å². The Morgan fingerprint density at radius 1 is 1.07 bits per heavy atom. The van der Waals surface area contributed by atoms with E-state index in [0.717, 1.165) is 11.1 Å². The molecule has 1 aliphatic rings. The van der Waals surface area contributed by atoms with Gasteiger partial charge in [0.2, 0.25) is 10.0 Å². The molecule has 1 N–H and O–H groups in total. The first kappa shape index (κ1) is 19.9. The summed E-state index contributed by atoms with van der Waals surface area (Å²) in [5.41, 5.74) is 3.10. The Labute approximate surface area is 164 Å². The van der Waals surface area contributed by atoms with E-state index < -0.39 is 33.6 Å². The largest absolute Gasteiger partial charge is 0.509 e. The SMILES string of the molecule is [C-]#[N+]c1ccc(-c2ccc(C3OC(=O)OCC3NS(=O)(=O)C(C)C)cc2)cc1. The van der Waals surface area contributed by atoms with Gasteiger partial charge in [0.1, 0.15) is 6.61 Å². The lowest BCUT2D eigenvalue weighted by Gasteiger charge is -2.32. The van der Waals surface area contributed by atoms with E-state index in [-0.39, 0.29) is 6.61 Å². The first-order chi connectivity index (χ1) is 13.3. The molecule has 8 heteroatoms. The smallest absolute Gasteiger partial charge is 0.432 e. The quantitative estimate of drug-likeness (QED) is 0.609. The van der Waals surface area contributed by atoms with Crippen LogP contribution in [0.1, 0.15) is 25.5 Å². The van der Waals surface area contributed by atoms with Gasteiger partial charge in [-0.15, -0.1) is 0 Å². The minimum Gasteiger partial charge on any atom is -0.432 e. The Kier molecular flexibility index (Phi) is 5.68. The molecule has 0 amide bonds. The van der Waals surface area contributed by atoms with E-state index >= 15 is 0 Å². The topological polar surface area (TPSA) is 86.1 Å². The van der Waals surface area contributed by atoms with Crippen LogP contribution in [0.2, 0.25) is 0 Å². The van der Waals surface area contributed by atoms with Crippen LogP contribution in [0.4, 0.5) is 10.5 Å². The van der Waals surface area contributed by atoms with Crippen molar-refractivity contribution in [2.24, 2.45) is 0 Å². The summed E-state index contributed by atoms with van der Waals surface area (Å²) in [4.78, 5) is 15.0. The van der Waals surface area contributed by atoms with E-state index in [1.54, 1.807) is 38.1 Å². The first-order valence-corrected chi connectivity index (χ1v) is 10.3. The summed E-state index contributed by atoms with van der Waals surface area (Å²) in [6.07, 6.45) is -1.61. The lowest BCUT2D eigenvalue weighted by molar-refractivity contribution is -0.0398. The van der Waals surface area contributed by atoms with Crippen molar-refractivity contribution in [2.75, 3.05) is 6.61 Å². The molecule has 146 valence electrons. The minimum absolute atomic E-state index is 0.102. The fraction of sp³-hybridized carbons (Fsp3) is 0.300. The van der Waals surface area contributed by atoms with Gasteiger partial charge >= 0.3 is 6.16 Å². The highest BCUT2D eigenvalue weighted by Crippen LogP contribution is 2.29. The highest BCUT2D eigenvalue weighted by molar-refractivity contribution is 7.90. The predicted octanol–water partition coefficient (Wildman–Crippen LogP) is 3.81. The van der Waals surface area contributed by atoms with Crippen molar-refractivity contribution in [3.05, 3.63) is 65.5 Å². The highest BCUT2D eigenvalue weighted by atomic mass is 32.2. The fourth-order valence-electron chi connectivity index (χ4n) is 2.80. The third-order valence-electron chi connectivity index (χ3n) is 4.47. The summed E-state index contributed by atoms with van der Waals surface area (Å²) in [6.45, 7) is 10.0. The van der Waals surface area contributed by atoms with Crippen molar-refractivity contribution in [2.45, 2.75) is 31.2 Å². The van der Waals surface area contributed by atoms with Crippen LogP contribution < -0.4 is 4.72 Å². The summed E-state index contributed by atoms with van der Waals surface area (Å²) in [5, 5.41) is -0.619. The van der Waals surface area contributed by atoms with Crippen molar-refractivity contribution in [1.82, 2.24) is 4.72 Å². The van der Waals surface area contributed by atoms with Gasteiger partial charge in [0, 0.05) is 0 Å². The molecule has 2 aromatic rings. The molecule has 0 bridgehead atoms. The number of cyclic esters (lactones) is 2. The highest BCUT2D eigenvalue weighted by Gasteiger charge is 2.36. The third-order valence-corrected chi connectivity index (χ3v) is 6.35. The van der Waals surface area contributed by atoms with Gasteiger partial charge in [-0.05, 0) is 30.5 Å². The number of nitrogens with one attached hydrogen (secondary N) is 1. The molecular formula is C20H20N2O5S. The average Bonchev–Trinajstić information content (AvgIpc) is 2.69. The second-order valence-corrected chi connectivity index (χ2v) is 8.97. The molecule has 3 rings (SSSR count). The molecule has 28 heavy (non-hydrogen) atoms. The second kappa shape index (κ2) is 8.00. The molecule has 0 spiro atoms. The Hall–Kier alpha value is -2.89. The molecule has 1 aliphatic heterocycles. The maximum Gasteiger partial charge on any atom is 0.509 e. The van der Waals surface area contributed by atoms with Gasteiger partial charge in [0.15, 0.2) is 11.8 Å². The van der Waals surface area contributed by atoms with E-state index in [1.807, 2.05) is 24.3 Å². The molecule has 1 saturated heterocycles. The van der Waals surface area contributed by atoms with Crippen LogP contribution in [0.5, 0.6) is 0 Å². The maximum absolute atomic E-state index is 12.2. The predicted molar refractivity (Wildman–Crippen MR) is 104 cm³/mol. The number of benzene rings is 2. The zero-order valence-electron chi connectivity index (χ0n) is 15.5. The normalized spacial score (nSPS) is 19.6. The van der Waals surface area contributed by atoms with Crippen molar-refractivity contribution in [3.8, 4) is 11.1 Å². The van der Waals surface area contributed by atoms with Crippen LogP contribution in [-0.2, 0) is 19.5 Å². The average molecular weight is 400 g/mol. The van der Waals surface area contributed by atoms with E-state index in [1.165, 1.54) is 0 Å². The number of carbonyl (C=O) groups excluding carboxylic acids is 1. The van der Waals surface area contributed by atoms with Crippen LogP contribution >= 0.6 is 0 Å². The molecule has 1 fully saturated rings. The summed E-state index contributed by atoms with van der Waals surface area (Å²) >= 11 is 0. The van der Waals surface area contributed by atoms with Gasteiger partial charge in [0.05, 0.1) is 17.9 Å². The molecule has 2 unspecified atom stereocenters. The van der Waals surface area contributed by atoms with Crippen molar-refractivity contribution < 1.29 is 22.7 Å². The Morgan fingerprint density at radius 2 is 1.64 bits per heavy atom. The van der Waals surface area contributed by atoms with Crippen LogP contribution in [0.15, 0.2) is 48.5 Å². The Morgan fingerprint density at radius 3 is 2.18 bits per heavy atom. The van der Waals surface area contributed by atoms with Gasteiger partial charge < -0.3 is 9.47 Å². The molecule has 2 aromatic carbocycles. The van der Waals surface area contributed by atoms with Crippen molar-refractivity contribution in [3.63, 3.8) is 0 Å². The van der Waals surface area contributed by atoms with Crippen LogP contribution in [0.25, 0.3) is 16.0 Å². The molecule has 0 aromatic heterocycles. The molecule has 0 saturated carbocycles. The molecule has 1 heterocycles. The van der Waals surface area contributed by atoms with Crippen molar-refractivity contribution in [1.29, 1.82) is 0 Å². The molecular weight excluding hydrogens is 380 g/mol. The first-order valence-electron chi connectivity index (χ1n) is 8.72. The second-order valence-electron chi connectivity index (χ2n) is 6.70. The summed E-state index contributed by atoms with van der Waals surface area (Å²) in [6, 6.07) is 13.8. The van der Waals surface area contributed by atoms with E-state index in [2.05, 4.69) is 9.57 Å². The molecule has 7 nitrogen and oxygen atoms in total. The van der Waals surface area contributed by atoms with Crippen LogP contribution in [0.3, 0.4) is 0 Å². The number of hydrogen-bond acceptors (Lipinski definition) is 5. The standard InChI is InChI=1S/C20H20N2O5S/c1-13(2)28(24,25)22-18-12-26-20(23)27-19(18)16-6-4-14(5-7-16)15-8-10-17(21-3)11-9-15/h4-11,13,18-19,22H,12H2,1-2H3. The van der Waals surface area contributed by atoms with Gasteiger partial charge in [-0.2, -0.15) is 0 Å². The summed E-state index contributed by atoms with van der Waals surface area (Å²) in [7, 11) is -3.56. The lowest BCUT2D eigenvalue weighted by Crippen LogP contribution is -2.49. The molecule has 0 aliphatic carbocycles. The van der Waals surface area contributed by atoms with Crippen LogP contribution in [-0.4, -0.2) is 32.5 Å². The van der Waals surface area contributed by atoms with Crippen molar-refractivity contribution >= 4 is 21.9 Å². The zero-order chi connectivity index (χ0) is 20.3. The summed E-state index contributed by atoms with van der Waals surface area (Å²) < 4.78 is 37.1. The zero-order valence-corrected chi connectivity index (χ0v) is 16.3. The van der Waals surface area contributed by atoms with Gasteiger partial charge in [0.25, 0.3) is 0 Å². The Bertz CT molecular complexity index is 992. The number of nitrogens with zero attached hydrogens (tertiary/aromatic N) is 1. The van der Waals surface area contributed by atoms with E-state index in [4.69, 9.17) is 16.0 Å². The molecule has 0 radical (unpaired) electrons. The monoisotopic (exact) mass is 400 g/mol. The number of hydrogen-bond donors (Lipinski definition) is 1. The minimum atomic E-state index is -3.56. The molecule has 2 atom stereocenters. The van der Waals surface area contributed by atoms with Gasteiger partial charge in [-0.25, -0.2) is 22.8 Å². The number of carbonyl (C=O) groups is 1. The van der Waals surface area contributed by atoms with Crippen LogP contribution in [0, 0.1) is 6.57 Å². The number of sulfonamides is 1. The third kappa shape index (κ3) is 4.32. The Balaban J connectivity index is 1.84. The summed E-state index contributed by atoms with van der Waals surface area (Å²) in [5.74, 6) is 0. The van der Waals surface area contributed by atoms with Gasteiger partial charge in [-0.3, -0.25) is 0 Å². The maximum atomic E-state index is 12.2. The number of rotatable bonds is 5.